The lowest BCUT2D eigenvalue weighted by Gasteiger charge is -2.09. The van der Waals surface area contributed by atoms with Crippen molar-refractivity contribution in [2.24, 2.45) is 7.05 Å². The van der Waals surface area contributed by atoms with Crippen molar-refractivity contribution in [2.75, 3.05) is 0 Å². The molecular weight excluding hydrogens is 379 g/mol. The van der Waals surface area contributed by atoms with Crippen LogP contribution in [-0.2, 0) is 7.05 Å². The summed E-state index contributed by atoms with van der Waals surface area (Å²) < 4.78 is 6.76. The molecule has 0 radical (unpaired) electrons. The summed E-state index contributed by atoms with van der Waals surface area (Å²) in [5.74, 6) is -0.795. The van der Waals surface area contributed by atoms with Gasteiger partial charge < -0.3 is 9.09 Å². The number of hydrazine groups is 1. The van der Waals surface area contributed by atoms with E-state index in [1.54, 1.807) is 55.1 Å². The molecule has 1 aromatic carbocycles. The lowest BCUT2D eigenvalue weighted by Crippen LogP contribution is -2.42. The Hall–Kier alpha value is -2.77. The topological polar surface area (TPSA) is 89.2 Å². The summed E-state index contributed by atoms with van der Waals surface area (Å²) in [7, 11) is 1.72. The van der Waals surface area contributed by atoms with E-state index in [0.717, 1.165) is 0 Å². The fraction of sp³-hybridized carbons (Fsp3) is 0.118. The lowest BCUT2D eigenvalue weighted by molar-refractivity contribution is 0.0841. The molecule has 0 atom stereocenters. The van der Waals surface area contributed by atoms with Crippen molar-refractivity contribution in [3.8, 4) is 11.3 Å². The number of hydrogen-bond donors (Lipinski definition) is 2. The Labute approximate surface area is 158 Å². The fourth-order valence-electron chi connectivity index (χ4n) is 2.47. The van der Waals surface area contributed by atoms with Gasteiger partial charge in [-0.15, -0.1) is 0 Å². The first-order chi connectivity index (χ1) is 12.4. The highest BCUT2D eigenvalue weighted by atomic mass is 35.5. The third kappa shape index (κ3) is 3.31. The Morgan fingerprint density at radius 1 is 1.08 bits per heavy atom. The van der Waals surface area contributed by atoms with Crippen LogP contribution in [0.1, 0.15) is 26.6 Å². The van der Waals surface area contributed by atoms with Crippen LogP contribution in [0.5, 0.6) is 0 Å². The zero-order valence-electron chi connectivity index (χ0n) is 13.8. The van der Waals surface area contributed by atoms with Crippen LogP contribution < -0.4 is 10.9 Å². The molecule has 0 aliphatic rings. The lowest BCUT2D eigenvalue weighted by atomic mass is 10.1. The van der Waals surface area contributed by atoms with Gasteiger partial charge in [0, 0.05) is 18.8 Å². The molecule has 9 heteroatoms. The average molecular weight is 393 g/mol. The maximum absolute atomic E-state index is 12.6. The minimum atomic E-state index is -0.600. The molecule has 2 N–H and O–H groups in total. The van der Waals surface area contributed by atoms with Gasteiger partial charge in [0.15, 0.2) is 0 Å². The van der Waals surface area contributed by atoms with Crippen molar-refractivity contribution in [1.29, 1.82) is 0 Å². The molecule has 0 aliphatic carbocycles. The molecule has 0 unspecified atom stereocenters. The van der Waals surface area contributed by atoms with Gasteiger partial charge in [0.05, 0.1) is 10.0 Å². The Bertz CT molecular complexity index is 974. The fourth-order valence-corrected chi connectivity index (χ4v) is 3.05. The molecule has 7 nitrogen and oxygen atoms in total. The number of nitrogens with zero attached hydrogens (tertiary/aromatic N) is 2. The van der Waals surface area contributed by atoms with Crippen LogP contribution in [0, 0.1) is 6.92 Å². The van der Waals surface area contributed by atoms with E-state index in [-0.39, 0.29) is 17.0 Å². The van der Waals surface area contributed by atoms with Gasteiger partial charge in [0.1, 0.15) is 22.7 Å². The molecule has 3 aromatic rings. The Morgan fingerprint density at radius 3 is 2.35 bits per heavy atom. The Balaban J connectivity index is 1.86. The van der Waals surface area contributed by atoms with Crippen molar-refractivity contribution in [3.63, 3.8) is 0 Å². The van der Waals surface area contributed by atoms with E-state index in [9.17, 15) is 9.59 Å². The molecule has 0 saturated carbocycles. The number of benzene rings is 1. The summed E-state index contributed by atoms with van der Waals surface area (Å²) in [6, 6.07) is 8.29. The molecule has 3 rings (SSSR count). The third-order valence-electron chi connectivity index (χ3n) is 3.76. The summed E-state index contributed by atoms with van der Waals surface area (Å²) in [6.45, 7) is 1.58. The minimum absolute atomic E-state index is 0.132. The highest BCUT2D eigenvalue weighted by Crippen LogP contribution is 2.36. The second-order valence-corrected chi connectivity index (χ2v) is 6.29. The van der Waals surface area contributed by atoms with Crippen LogP contribution in [0.3, 0.4) is 0 Å². The molecule has 2 aromatic heterocycles. The van der Waals surface area contributed by atoms with Gasteiger partial charge in [-0.05, 0) is 31.2 Å². The number of aromatic nitrogens is 2. The van der Waals surface area contributed by atoms with Crippen LogP contribution in [0.4, 0.5) is 0 Å². The second kappa shape index (κ2) is 7.23. The number of carbonyl (C=O) groups excluding carboxylic acids is 2. The SMILES string of the molecule is Cc1onc(-c2c(Cl)cccc2Cl)c1C(=O)NNC(=O)c1cccn1C. The second-order valence-electron chi connectivity index (χ2n) is 5.47. The maximum Gasteiger partial charge on any atom is 0.286 e. The van der Waals surface area contributed by atoms with Crippen molar-refractivity contribution < 1.29 is 14.1 Å². The van der Waals surface area contributed by atoms with Crippen LogP contribution in [0.15, 0.2) is 41.1 Å². The van der Waals surface area contributed by atoms with E-state index in [4.69, 9.17) is 27.7 Å². The molecule has 26 heavy (non-hydrogen) atoms. The smallest absolute Gasteiger partial charge is 0.286 e. The summed E-state index contributed by atoms with van der Waals surface area (Å²) in [4.78, 5) is 24.7. The summed E-state index contributed by atoms with van der Waals surface area (Å²) in [6.07, 6.45) is 1.72. The number of hydrogen-bond acceptors (Lipinski definition) is 4. The first-order valence-corrected chi connectivity index (χ1v) is 8.28. The van der Waals surface area contributed by atoms with E-state index in [0.29, 0.717) is 21.3 Å². The molecule has 0 fully saturated rings. The molecule has 0 bridgehead atoms. The Morgan fingerprint density at radius 2 is 1.73 bits per heavy atom. The van der Waals surface area contributed by atoms with Gasteiger partial charge in [-0.1, -0.05) is 34.4 Å². The van der Waals surface area contributed by atoms with Crippen molar-refractivity contribution in [3.05, 3.63) is 63.6 Å². The maximum atomic E-state index is 12.6. The number of rotatable bonds is 3. The van der Waals surface area contributed by atoms with E-state index in [1.807, 2.05) is 0 Å². The van der Waals surface area contributed by atoms with Crippen molar-refractivity contribution in [2.45, 2.75) is 6.92 Å². The highest BCUT2D eigenvalue weighted by Gasteiger charge is 2.25. The summed E-state index contributed by atoms with van der Waals surface area (Å²) in [5, 5.41) is 4.55. The van der Waals surface area contributed by atoms with Gasteiger partial charge in [-0.25, -0.2) is 0 Å². The van der Waals surface area contributed by atoms with Gasteiger partial charge in [0.2, 0.25) is 0 Å². The normalized spacial score (nSPS) is 10.6. The van der Waals surface area contributed by atoms with Crippen molar-refractivity contribution in [1.82, 2.24) is 20.6 Å². The van der Waals surface area contributed by atoms with Crippen LogP contribution in [-0.4, -0.2) is 21.5 Å². The van der Waals surface area contributed by atoms with Crippen molar-refractivity contribution >= 4 is 35.0 Å². The molecule has 0 spiro atoms. The molecule has 2 heterocycles. The quantitative estimate of drug-likeness (QED) is 0.668. The summed E-state index contributed by atoms with van der Waals surface area (Å²) in [5.41, 5.74) is 5.81. The molecule has 0 saturated heterocycles. The minimum Gasteiger partial charge on any atom is -0.360 e. The monoisotopic (exact) mass is 392 g/mol. The number of carbonyl (C=O) groups is 2. The van der Waals surface area contributed by atoms with E-state index in [1.165, 1.54) is 0 Å². The van der Waals surface area contributed by atoms with E-state index in [2.05, 4.69) is 16.0 Å². The zero-order chi connectivity index (χ0) is 18.8. The molecule has 2 amide bonds. The average Bonchev–Trinajstić information content (AvgIpc) is 3.18. The van der Waals surface area contributed by atoms with Gasteiger partial charge in [-0.3, -0.25) is 20.4 Å². The number of nitrogens with one attached hydrogen (secondary N) is 2. The molecular formula is C17H14Cl2N4O3. The number of aryl methyl sites for hydroxylation is 2. The third-order valence-corrected chi connectivity index (χ3v) is 4.39. The molecule has 134 valence electrons. The van der Waals surface area contributed by atoms with Crippen LogP contribution in [0.25, 0.3) is 11.3 Å². The van der Waals surface area contributed by atoms with E-state index >= 15 is 0 Å². The predicted molar refractivity (Wildman–Crippen MR) is 97.0 cm³/mol. The zero-order valence-corrected chi connectivity index (χ0v) is 15.4. The van der Waals surface area contributed by atoms with Crippen LogP contribution >= 0.6 is 23.2 Å². The number of halogens is 2. The number of amides is 2. The van der Waals surface area contributed by atoms with E-state index < -0.39 is 11.8 Å². The first-order valence-electron chi connectivity index (χ1n) is 7.52. The molecule has 0 aliphatic heterocycles. The van der Waals surface area contributed by atoms with Gasteiger partial charge in [0.25, 0.3) is 11.8 Å². The van der Waals surface area contributed by atoms with Gasteiger partial charge >= 0.3 is 0 Å². The standard InChI is InChI=1S/C17H14Cl2N4O3/c1-9-13(15(22-26-9)14-10(18)5-3-6-11(14)19)17(25)21-20-16(24)12-7-4-8-23(12)2/h3-8H,1-2H3,(H,20,24)(H,21,25). The predicted octanol–water partition coefficient (Wildman–Crippen LogP) is 3.37. The first kappa shape index (κ1) is 18.0. The van der Waals surface area contributed by atoms with Gasteiger partial charge in [-0.2, -0.15) is 0 Å². The summed E-state index contributed by atoms with van der Waals surface area (Å²) >= 11 is 12.4. The Kier molecular flexibility index (Phi) is 5.01. The highest BCUT2D eigenvalue weighted by molar-refractivity contribution is 6.39. The largest absolute Gasteiger partial charge is 0.360 e. The van der Waals surface area contributed by atoms with Crippen LogP contribution in [0.2, 0.25) is 10.0 Å².